The molecule has 0 aliphatic heterocycles. The van der Waals surface area contributed by atoms with Gasteiger partial charge in [0.1, 0.15) is 17.7 Å². The van der Waals surface area contributed by atoms with Crippen LogP contribution in [0.1, 0.15) is 124 Å². The molecule has 0 saturated heterocycles. The fourth-order valence-corrected chi connectivity index (χ4v) is 9.78. The van der Waals surface area contributed by atoms with Gasteiger partial charge in [-0.2, -0.15) is 0 Å². The van der Waals surface area contributed by atoms with Crippen LogP contribution in [-0.2, 0) is 14.3 Å². The Morgan fingerprint density at radius 1 is 1.05 bits per heavy atom. The Morgan fingerprint density at radius 2 is 1.79 bits per heavy atom. The van der Waals surface area contributed by atoms with Crippen LogP contribution >= 0.6 is 0 Å². The number of ether oxygens (including phenoxy) is 2. The molecule has 4 fully saturated rings. The largest absolute Gasteiger partial charge is 0.461 e. The van der Waals surface area contributed by atoms with Crippen molar-refractivity contribution in [1.29, 1.82) is 0 Å². The van der Waals surface area contributed by atoms with Crippen LogP contribution in [0.2, 0.25) is 0 Å². The Kier molecular flexibility index (Phi) is 8.60. The first-order chi connectivity index (χ1) is 20.1. The second-order valence-corrected chi connectivity index (χ2v) is 16.0. The third-order valence-corrected chi connectivity index (χ3v) is 11.9. The molecule has 0 aromatic carbocycles. The van der Waals surface area contributed by atoms with Gasteiger partial charge in [-0.25, -0.2) is 14.4 Å². The molecular formula is C35H53NO7. The lowest BCUT2D eigenvalue weighted by molar-refractivity contribution is -0.207. The van der Waals surface area contributed by atoms with E-state index in [0.717, 1.165) is 63.4 Å². The van der Waals surface area contributed by atoms with E-state index in [1.165, 1.54) is 6.07 Å². The molecule has 2 N–H and O–H groups in total. The molecule has 9 unspecified atom stereocenters. The first-order valence-corrected chi connectivity index (χ1v) is 16.6. The van der Waals surface area contributed by atoms with Crippen molar-refractivity contribution in [3.63, 3.8) is 0 Å². The average molecular weight is 600 g/mol. The molecule has 8 heteroatoms. The van der Waals surface area contributed by atoms with Crippen LogP contribution in [0, 0.1) is 34.5 Å². The number of aliphatic hydroxyl groups is 1. The summed E-state index contributed by atoms with van der Waals surface area (Å²) in [4.78, 5) is 37.4. The normalized spacial score (nSPS) is 37.9. The topological polar surface area (TPSA) is 115 Å². The van der Waals surface area contributed by atoms with E-state index in [-0.39, 0.29) is 46.3 Å². The summed E-state index contributed by atoms with van der Waals surface area (Å²) in [6, 6.07) is 2.64. The summed E-state index contributed by atoms with van der Waals surface area (Å²) in [6.07, 6.45) is 9.60. The first-order valence-electron chi connectivity index (χ1n) is 16.6. The van der Waals surface area contributed by atoms with Gasteiger partial charge in [0.15, 0.2) is 0 Å². The first kappa shape index (κ1) is 32.1. The van der Waals surface area contributed by atoms with Gasteiger partial charge < -0.3 is 24.3 Å². The highest BCUT2D eigenvalue weighted by molar-refractivity contribution is 5.81. The number of esters is 1. The summed E-state index contributed by atoms with van der Waals surface area (Å²) in [7, 11) is 0. The quantitative estimate of drug-likeness (QED) is 0.348. The van der Waals surface area contributed by atoms with E-state index >= 15 is 0 Å². The molecule has 9 atom stereocenters. The Hall–Kier alpha value is -2.35. The maximum Gasteiger partial charge on any atom is 0.408 e. The predicted octanol–water partition coefficient (Wildman–Crippen LogP) is 6.73. The molecule has 1 amide bonds. The Bertz CT molecular complexity index is 1230. The summed E-state index contributed by atoms with van der Waals surface area (Å²) >= 11 is 0. The van der Waals surface area contributed by atoms with Crippen molar-refractivity contribution >= 4 is 12.1 Å². The summed E-state index contributed by atoms with van der Waals surface area (Å²) in [6.45, 7) is 14.1. The van der Waals surface area contributed by atoms with Crippen LogP contribution in [0.25, 0.3) is 0 Å². The van der Waals surface area contributed by atoms with E-state index in [9.17, 15) is 19.5 Å². The zero-order valence-corrected chi connectivity index (χ0v) is 27.2. The molecule has 0 spiro atoms. The van der Waals surface area contributed by atoms with Gasteiger partial charge in [-0.05, 0) is 132 Å². The lowest BCUT2D eigenvalue weighted by Crippen LogP contribution is -2.62. The molecule has 1 heterocycles. The lowest BCUT2D eigenvalue weighted by atomic mass is 9.43. The Balaban J connectivity index is 1.25. The van der Waals surface area contributed by atoms with Crippen LogP contribution in [0.5, 0.6) is 0 Å². The molecular weight excluding hydrogens is 546 g/mol. The number of carbonyl (C=O) groups excluding carboxylic acids is 2. The zero-order valence-electron chi connectivity index (χ0n) is 27.2. The molecule has 4 saturated carbocycles. The molecule has 0 bridgehead atoms. The SMILES string of the molecule is CC(C)CC(NC(=O)OC(C)(C)C)C(=O)OC1CCC2(C)C(CCC3C2CCC2(C)C(c4ccc(=O)oc4)CCC32O)C1. The van der Waals surface area contributed by atoms with E-state index in [2.05, 4.69) is 19.2 Å². The van der Waals surface area contributed by atoms with Crippen molar-refractivity contribution in [2.45, 2.75) is 142 Å². The maximum atomic E-state index is 13.3. The van der Waals surface area contributed by atoms with Gasteiger partial charge >= 0.3 is 17.7 Å². The number of alkyl carbamates (subject to hydrolysis) is 1. The lowest BCUT2D eigenvalue weighted by Gasteiger charge is -2.63. The van der Waals surface area contributed by atoms with Crippen LogP contribution in [-0.4, -0.2) is 40.5 Å². The number of hydrogen-bond donors (Lipinski definition) is 2. The molecule has 4 aliphatic rings. The second kappa shape index (κ2) is 11.5. The van der Waals surface area contributed by atoms with Crippen LogP contribution in [0.3, 0.4) is 0 Å². The fourth-order valence-electron chi connectivity index (χ4n) is 9.78. The Morgan fingerprint density at radius 3 is 2.44 bits per heavy atom. The highest BCUT2D eigenvalue weighted by atomic mass is 16.6. The summed E-state index contributed by atoms with van der Waals surface area (Å²) in [5, 5.41) is 15.3. The molecule has 8 nitrogen and oxygen atoms in total. The monoisotopic (exact) mass is 599 g/mol. The van der Waals surface area contributed by atoms with Gasteiger partial charge in [0, 0.05) is 11.5 Å². The maximum absolute atomic E-state index is 13.3. The average Bonchev–Trinajstić information content (AvgIpc) is 3.18. The highest BCUT2D eigenvalue weighted by Gasteiger charge is 2.67. The smallest absolute Gasteiger partial charge is 0.408 e. The number of carbonyl (C=O) groups is 2. The zero-order chi connectivity index (χ0) is 31.4. The third-order valence-electron chi connectivity index (χ3n) is 11.9. The van der Waals surface area contributed by atoms with Gasteiger partial charge in [-0.1, -0.05) is 27.7 Å². The van der Waals surface area contributed by atoms with Crippen molar-refractivity contribution in [2.24, 2.45) is 34.5 Å². The number of fused-ring (bicyclic) bond motifs is 5. The van der Waals surface area contributed by atoms with Gasteiger partial charge in [-0.15, -0.1) is 0 Å². The van der Waals surface area contributed by atoms with Crippen molar-refractivity contribution in [2.75, 3.05) is 0 Å². The van der Waals surface area contributed by atoms with Crippen LogP contribution < -0.4 is 10.9 Å². The van der Waals surface area contributed by atoms with Crippen molar-refractivity contribution in [3.8, 4) is 0 Å². The molecule has 1 aromatic heterocycles. The third kappa shape index (κ3) is 6.02. The molecule has 43 heavy (non-hydrogen) atoms. The van der Waals surface area contributed by atoms with E-state index in [4.69, 9.17) is 13.9 Å². The summed E-state index contributed by atoms with van der Waals surface area (Å²) in [5.41, 5.74) is -0.872. The molecule has 240 valence electrons. The Labute approximate surface area is 256 Å². The van der Waals surface area contributed by atoms with Crippen LogP contribution in [0.15, 0.2) is 27.6 Å². The number of hydrogen-bond acceptors (Lipinski definition) is 7. The minimum atomic E-state index is -0.745. The summed E-state index contributed by atoms with van der Waals surface area (Å²) < 4.78 is 16.7. The fraction of sp³-hybridized carbons (Fsp3) is 0.800. The van der Waals surface area contributed by atoms with E-state index in [1.807, 2.05) is 19.9 Å². The standard InChI is InChI=1S/C35H53NO7/c1-21(2)18-28(36-31(39)43-32(3,4)5)30(38)42-24-12-15-33(6)23(19-24)9-10-27-26(33)13-16-34(7)25(14-17-35(27,34)40)22-8-11-29(37)41-20-22/h8,11,20-21,23-28,40H,9-10,12-19H2,1-7H3,(H,36,39). The van der Waals surface area contributed by atoms with E-state index < -0.39 is 23.3 Å². The number of rotatable bonds is 6. The number of nitrogens with one attached hydrogen (secondary N) is 1. The minimum Gasteiger partial charge on any atom is -0.461 e. The minimum absolute atomic E-state index is 0.0899. The molecule has 4 aliphatic carbocycles. The van der Waals surface area contributed by atoms with E-state index in [0.29, 0.717) is 18.3 Å². The van der Waals surface area contributed by atoms with Crippen molar-refractivity contribution in [1.82, 2.24) is 5.32 Å². The van der Waals surface area contributed by atoms with Gasteiger partial charge in [0.05, 0.1) is 11.9 Å². The number of amides is 1. The van der Waals surface area contributed by atoms with Crippen molar-refractivity contribution < 1.29 is 28.6 Å². The van der Waals surface area contributed by atoms with Gasteiger partial charge in [0.25, 0.3) is 0 Å². The molecule has 5 rings (SSSR count). The van der Waals surface area contributed by atoms with E-state index in [1.54, 1.807) is 27.0 Å². The van der Waals surface area contributed by atoms with Crippen molar-refractivity contribution in [3.05, 3.63) is 34.4 Å². The second-order valence-electron chi connectivity index (χ2n) is 16.0. The van der Waals surface area contributed by atoms with Crippen LogP contribution in [0.4, 0.5) is 4.79 Å². The summed E-state index contributed by atoms with van der Waals surface area (Å²) in [5.74, 6) is 1.10. The molecule has 1 aromatic rings. The predicted molar refractivity (Wildman–Crippen MR) is 163 cm³/mol. The van der Waals surface area contributed by atoms with Gasteiger partial charge in [-0.3, -0.25) is 0 Å². The molecule has 0 radical (unpaired) electrons. The van der Waals surface area contributed by atoms with Gasteiger partial charge in [0.2, 0.25) is 0 Å². The highest BCUT2D eigenvalue weighted by Crippen LogP contribution is 2.70.